The van der Waals surface area contributed by atoms with Gasteiger partial charge in [-0.05, 0) is 32.0 Å². The van der Waals surface area contributed by atoms with E-state index in [0.717, 1.165) is 32.0 Å². The molecule has 1 aromatic rings. The van der Waals surface area contributed by atoms with Crippen LogP contribution in [0.25, 0.3) is 5.70 Å². The van der Waals surface area contributed by atoms with E-state index in [1.165, 1.54) is 17.3 Å². The van der Waals surface area contributed by atoms with Crippen LogP contribution in [0.3, 0.4) is 0 Å². The highest BCUT2D eigenvalue weighted by molar-refractivity contribution is 5.70. The summed E-state index contributed by atoms with van der Waals surface area (Å²) in [6.45, 7) is 4.28. The summed E-state index contributed by atoms with van der Waals surface area (Å²) in [7, 11) is 0. The summed E-state index contributed by atoms with van der Waals surface area (Å²) in [5, 5.41) is 9.64. The molecule has 1 aromatic heterocycles. The summed E-state index contributed by atoms with van der Waals surface area (Å²) in [6, 6.07) is 1.69. The summed E-state index contributed by atoms with van der Waals surface area (Å²) in [5.74, 6) is 0.838. The number of aliphatic hydroxyl groups excluding tert-OH is 1. The highest BCUT2D eigenvalue weighted by Gasteiger charge is 2.36. The van der Waals surface area contributed by atoms with Gasteiger partial charge in [0.15, 0.2) is 11.5 Å². The monoisotopic (exact) mass is 394 g/mol. The highest BCUT2D eigenvalue weighted by Crippen LogP contribution is 2.31. The van der Waals surface area contributed by atoms with E-state index < -0.39 is 11.9 Å². The van der Waals surface area contributed by atoms with Gasteiger partial charge in [0.2, 0.25) is 0 Å². The predicted molar refractivity (Wildman–Crippen MR) is 101 cm³/mol. The molecule has 2 aliphatic heterocycles. The Morgan fingerprint density at radius 3 is 2.93 bits per heavy atom. The van der Waals surface area contributed by atoms with Gasteiger partial charge in [0.1, 0.15) is 11.5 Å². The van der Waals surface area contributed by atoms with E-state index in [1.54, 1.807) is 12.3 Å². The number of nitrogens with zero attached hydrogens (tertiary/aromatic N) is 6. The van der Waals surface area contributed by atoms with Crippen LogP contribution >= 0.6 is 0 Å². The number of hydrogen-bond donors (Lipinski definition) is 1. The number of allylic oxidation sites excluding steroid dienone is 1. The van der Waals surface area contributed by atoms with Crippen molar-refractivity contribution in [1.29, 1.82) is 0 Å². The van der Waals surface area contributed by atoms with Crippen LogP contribution in [-0.2, 0) is 0 Å². The zero-order chi connectivity index (χ0) is 20.1. The minimum Gasteiger partial charge on any atom is -0.394 e. The van der Waals surface area contributed by atoms with Crippen LogP contribution in [-0.4, -0.2) is 64.8 Å². The zero-order valence-corrected chi connectivity index (χ0v) is 15.2. The van der Waals surface area contributed by atoms with Crippen LogP contribution in [0.4, 0.5) is 19.0 Å². The molecular formula is C18H21F3N6O. The van der Waals surface area contributed by atoms with Gasteiger partial charge in [-0.1, -0.05) is 0 Å². The normalized spacial score (nSPS) is 20.9. The maximum atomic E-state index is 13.0. The second kappa shape index (κ2) is 8.51. The number of alkyl halides is 3. The number of halogens is 3. The van der Waals surface area contributed by atoms with E-state index in [0.29, 0.717) is 5.82 Å². The van der Waals surface area contributed by atoms with E-state index in [-0.39, 0.29) is 30.7 Å². The first-order valence-electron chi connectivity index (χ1n) is 8.89. The molecule has 0 aromatic carbocycles. The van der Waals surface area contributed by atoms with Crippen molar-refractivity contribution in [2.45, 2.75) is 31.5 Å². The van der Waals surface area contributed by atoms with Crippen molar-refractivity contribution < 1.29 is 18.3 Å². The fraction of sp³-hybridized carbons (Fsp3) is 0.444. The Labute approximate surface area is 160 Å². The van der Waals surface area contributed by atoms with Crippen molar-refractivity contribution in [2.75, 3.05) is 24.6 Å². The molecule has 3 rings (SSSR count). The summed E-state index contributed by atoms with van der Waals surface area (Å²) in [4.78, 5) is 19.2. The van der Waals surface area contributed by atoms with E-state index in [9.17, 15) is 18.3 Å². The average molecular weight is 394 g/mol. The molecule has 0 spiro atoms. The lowest BCUT2D eigenvalue weighted by molar-refractivity contribution is -0.0934. The molecule has 1 unspecified atom stereocenters. The molecule has 0 aliphatic carbocycles. The molecule has 3 heterocycles. The molecule has 150 valence electrons. The molecule has 1 N–H and O–H groups in total. The summed E-state index contributed by atoms with van der Waals surface area (Å²) < 4.78 is 39.1. The van der Waals surface area contributed by atoms with Crippen molar-refractivity contribution in [1.82, 2.24) is 14.9 Å². The molecule has 1 atom stereocenters. The van der Waals surface area contributed by atoms with Crippen molar-refractivity contribution >= 4 is 24.4 Å². The van der Waals surface area contributed by atoms with Crippen LogP contribution in [0.2, 0.25) is 0 Å². The van der Waals surface area contributed by atoms with Crippen LogP contribution in [0.1, 0.15) is 25.1 Å². The first-order chi connectivity index (χ1) is 13.4. The van der Waals surface area contributed by atoms with Gasteiger partial charge in [-0.15, -0.1) is 0 Å². The topological polar surface area (TPSA) is 77.2 Å². The summed E-state index contributed by atoms with van der Waals surface area (Å²) in [6.07, 6.45) is 3.25. The van der Waals surface area contributed by atoms with Gasteiger partial charge in [-0.25, -0.2) is 9.97 Å². The Kier molecular flexibility index (Phi) is 6.08. The minimum absolute atomic E-state index is 0.0104. The Balaban J connectivity index is 1.94. The Morgan fingerprint density at radius 2 is 2.21 bits per heavy atom. The molecule has 0 bridgehead atoms. The SMILES string of the molecule is C=N/C=C(/c1nccc(N2CCCCC2CO)n1)N1C=C(C(F)(F)F)N=CC1. The van der Waals surface area contributed by atoms with Gasteiger partial charge in [-0.2, -0.15) is 13.2 Å². The smallest absolute Gasteiger partial charge is 0.394 e. The Morgan fingerprint density at radius 1 is 1.39 bits per heavy atom. The summed E-state index contributed by atoms with van der Waals surface area (Å²) >= 11 is 0. The predicted octanol–water partition coefficient (Wildman–Crippen LogP) is 2.62. The Hall–Kier alpha value is -2.75. The number of rotatable bonds is 5. The second-order valence-electron chi connectivity index (χ2n) is 6.44. The minimum atomic E-state index is -4.56. The van der Waals surface area contributed by atoms with Crippen LogP contribution in [0.15, 0.2) is 40.3 Å². The standard InChI is InChI=1S/C18H21F3N6O/c1-22-10-14(26-9-7-23-15(11-26)18(19,20)21)17-24-6-5-16(25-17)27-8-3-2-4-13(27)12-28/h5-7,10-11,13,28H,1-4,8-9,12H2/b14-10-. The molecule has 0 saturated carbocycles. The molecule has 1 saturated heterocycles. The maximum absolute atomic E-state index is 13.0. The van der Waals surface area contributed by atoms with Crippen LogP contribution in [0, 0.1) is 0 Å². The fourth-order valence-corrected chi connectivity index (χ4v) is 3.25. The Bertz CT molecular complexity index is 805. The van der Waals surface area contributed by atoms with E-state index >= 15 is 0 Å². The van der Waals surface area contributed by atoms with Gasteiger partial charge in [0, 0.05) is 25.2 Å². The first-order valence-corrected chi connectivity index (χ1v) is 8.89. The van der Waals surface area contributed by atoms with E-state index in [4.69, 9.17) is 0 Å². The van der Waals surface area contributed by atoms with Gasteiger partial charge >= 0.3 is 6.18 Å². The van der Waals surface area contributed by atoms with Crippen molar-refractivity contribution in [3.05, 3.63) is 36.2 Å². The largest absolute Gasteiger partial charge is 0.434 e. The number of piperidine rings is 1. The van der Waals surface area contributed by atoms with Gasteiger partial charge in [0.25, 0.3) is 0 Å². The highest BCUT2D eigenvalue weighted by atomic mass is 19.4. The molecule has 10 heteroatoms. The lowest BCUT2D eigenvalue weighted by Gasteiger charge is -2.35. The number of aliphatic hydroxyl groups is 1. The van der Waals surface area contributed by atoms with E-state index in [1.807, 2.05) is 4.90 Å². The third kappa shape index (κ3) is 4.38. The first kappa shape index (κ1) is 20.0. The fourth-order valence-electron chi connectivity index (χ4n) is 3.25. The van der Waals surface area contributed by atoms with E-state index in [2.05, 4.69) is 26.7 Å². The third-order valence-corrected chi connectivity index (χ3v) is 4.60. The number of aliphatic imine (C=N–C) groups is 2. The van der Waals surface area contributed by atoms with Crippen molar-refractivity contribution in [3.63, 3.8) is 0 Å². The average Bonchev–Trinajstić information content (AvgIpc) is 2.71. The number of aromatic nitrogens is 2. The summed E-state index contributed by atoms with van der Waals surface area (Å²) in [5.41, 5.74) is -0.733. The van der Waals surface area contributed by atoms with Crippen LogP contribution in [0.5, 0.6) is 0 Å². The molecule has 28 heavy (non-hydrogen) atoms. The third-order valence-electron chi connectivity index (χ3n) is 4.60. The number of hydrogen-bond acceptors (Lipinski definition) is 7. The maximum Gasteiger partial charge on any atom is 0.434 e. The molecule has 1 fully saturated rings. The molecule has 0 radical (unpaired) electrons. The van der Waals surface area contributed by atoms with Gasteiger partial charge in [0.05, 0.1) is 25.4 Å². The second-order valence-corrected chi connectivity index (χ2v) is 6.44. The molecule has 7 nitrogen and oxygen atoms in total. The van der Waals surface area contributed by atoms with Gasteiger partial charge in [-0.3, -0.25) is 9.98 Å². The quantitative estimate of drug-likeness (QED) is 0.777. The molecular weight excluding hydrogens is 373 g/mol. The van der Waals surface area contributed by atoms with Gasteiger partial charge < -0.3 is 14.9 Å². The lowest BCUT2D eigenvalue weighted by Crippen LogP contribution is -2.42. The van der Waals surface area contributed by atoms with Crippen LogP contribution < -0.4 is 4.90 Å². The van der Waals surface area contributed by atoms with Crippen molar-refractivity contribution in [3.8, 4) is 0 Å². The number of anilines is 1. The molecule has 0 amide bonds. The van der Waals surface area contributed by atoms with Crippen molar-refractivity contribution in [2.24, 2.45) is 9.98 Å². The zero-order valence-electron chi connectivity index (χ0n) is 15.2. The lowest BCUT2D eigenvalue weighted by atomic mass is 10.0. The molecule has 2 aliphatic rings.